The van der Waals surface area contributed by atoms with Crippen molar-refractivity contribution >= 4 is 22.7 Å². The number of ether oxygens (including phenoxy) is 1. The molecule has 1 fully saturated rings. The van der Waals surface area contributed by atoms with Gasteiger partial charge in [0.15, 0.2) is 5.65 Å². The number of carboxylic acid groups (broad SMARTS) is 1. The SMILES string of the molecule is CCc1nn(CC)c2nc(C)c(C(=O)O)c(NC3CCOCC3)c12. The number of hydrogen-bond acceptors (Lipinski definition) is 5. The Bertz CT molecular complexity index is 763. The molecule has 0 bridgehead atoms. The van der Waals surface area contributed by atoms with Crippen molar-refractivity contribution < 1.29 is 14.6 Å². The van der Waals surface area contributed by atoms with Crippen molar-refractivity contribution in [3.8, 4) is 0 Å². The number of nitrogens with zero attached hydrogens (tertiary/aromatic N) is 3. The van der Waals surface area contributed by atoms with Crippen molar-refractivity contribution in [2.75, 3.05) is 18.5 Å². The van der Waals surface area contributed by atoms with Gasteiger partial charge in [-0.3, -0.25) is 0 Å². The number of rotatable bonds is 5. The molecule has 0 saturated carbocycles. The largest absolute Gasteiger partial charge is 0.478 e. The number of nitrogens with one attached hydrogen (secondary N) is 1. The standard InChI is InChI=1S/C17H24N4O3/c1-4-12-14-15(19-11-6-8-24-9-7-11)13(17(22)23)10(3)18-16(14)21(5-2)20-12/h11H,4-9H2,1-3H3,(H,18,19)(H,22,23). The van der Waals surface area contributed by atoms with E-state index in [0.29, 0.717) is 31.1 Å². The zero-order valence-corrected chi connectivity index (χ0v) is 14.4. The highest BCUT2D eigenvalue weighted by Crippen LogP contribution is 2.33. The highest BCUT2D eigenvalue weighted by molar-refractivity contribution is 6.05. The monoisotopic (exact) mass is 332 g/mol. The third kappa shape index (κ3) is 2.84. The van der Waals surface area contributed by atoms with E-state index >= 15 is 0 Å². The molecule has 0 spiro atoms. The molecule has 0 aliphatic carbocycles. The summed E-state index contributed by atoms with van der Waals surface area (Å²) in [5, 5.41) is 18.7. The minimum Gasteiger partial charge on any atom is -0.478 e. The molecule has 3 rings (SSSR count). The van der Waals surface area contributed by atoms with Gasteiger partial charge in [0.05, 0.1) is 22.5 Å². The summed E-state index contributed by atoms with van der Waals surface area (Å²) in [5.74, 6) is -0.956. The van der Waals surface area contributed by atoms with Crippen LogP contribution < -0.4 is 5.32 Å². The minimum absolute atomic E-state index is 0.205. The van der Waals surface area contributed by atoms with E-state index in [1.807, 2.05) is 18.5 Å². The van der Waals surface area contributed by atoms with Crippen molar-refractivity contribution in [3.63, 3.8) is 0 Å². The summed E-state index contributed by atoms with van der Waals surface area (Å²) in [4.78, 5) is 16.4. The molecule has 0 amide bonds. The summed E-state index contributed by atoms with van der Waals surface area (Å²) in [7, 11) is 0. The maximum absolute atomic E-state index is 11.9. The van der Waals surface area contributed by atoms with Crippen LogP contribution in [0.5, 0.6) is 0 Å². The lowest BCUT2D eigenvalue weighted by Gasteiger charge is -2.25. The molecule has 7 heteroatoms. The first kappa shape index (κ1) is 16.7. The Morgan fingerprint density at radius 2 is 2.08 bits per heavy atom. The molecule has 24 heavy (non-hydrogen) atoms. The third-order valence-corrected chi connectivity index (χ3v) is 4.55. The number of aryl methyl sites for hydroxylation is 3. The van der Waals surface area contributed by atoms with Crippen molar-refractivity contribution in [2.45, 2.75) is 52.6 Å². The summed E-state index contributed by atoms with van der Waals surface area (Å²) >= 11 is 0. The predicted octanol–water partition coefficient (Wildman–Crippen LogP) is 2.61. The Hall–Kier alpha value is -2.15. The average molecular weight is 332 g/mol. The van der Waals surface area contributed by atoms with Crippen molar-refractivity contribution in [3.05, 3.63) is 17.0 Å². The number of anilines is 1. The van der Waals surface area contributed by atoms with Gasteiger partial charge in [-0.2, -0.15) is 5.10 Å². The van der Waals surface area contributed by atoms with E-state index in [9.17, 15) is 9.90 Å². The van der Waals surface area contributed by atoms with Crippen LogP contribution in [-0.4, -0.2) is 45.1 Å². The Labute approximate surface area is 141 Å². The van der Waals surface area contributed by atoms with E-state index in [1.165, 1.54) is 0 Å². The van der Waals surface area contributed by atoms with Crippen LogP contribution in [0.15, 0.2) is 0 Å². The molecule has 2 N–H and O–H groups in total. The smallest absolute Gasteiger partial charge is 0.339 e. The second kappa shape index (κ2) is 6.76. The minimum atomic E-state index is -0.956. The zero-order chi connectivity index (χ0) is 17.3. The van der Waals surface area contributed by atoms with Gasteiger partial charge in [-0.15, -0.1) is 0 Å². The first-order valence-electron chi connectivity index (χ1n) is 8.54. The third-order valence-electron chi connectivity index (χ3n) is 4.55. The fourth-order valence-corrected chi connectivity index (χ4v) is 3.31. The molecule has 0 radical (unpaired) electrons. The number of pyridine rings is 1. The summed E-state index contributed by atoms with van der Waals surface area (Å²) in [6.07, 6.45) is 2.46. The van der Waals surface area contributed by atoms with Gasteiger partial charge in [-0.25, -0.2) is 14.5 Å². The second-order valence-corrected chi connectivity index (χ2v) is 6.10. The Morgan fingerprint density at radius 3 is 2.67 bits per heavy atom. The van der Waals surface area contributed by atoms with Gasteiger partial charge < -0.3 is 15.2 Å². The molecule has 2 aromatic heterocycles. The van der Waals surface area contributed by atoms with E-state index in [1.54, 1.807) is 6.92 Å². The van der Waals surface area contributed by atoms with Crippen LogP contribution in [0.4, 0.5) is 5.69 Å². The van der Waals surface area contributed by atoms with Gasteiger partial charge in [0.2, 0.25) is 0 Å². The molecule has 0 aromatic carbocycles. The lowest BCUT2D eigenvalue weighted by molar-refractivity contribution is 0.0696. The van der Waals surface area contributed by atoms with E-state index in [4.69, 9.17) is 4.74 Å². The van der Waals surface area contributed by atoms with Gasteiger partial charge in [-0.1, -0.05) is 6.92 Å². The Kier molecular flexibility index (Phi) is 4.71. The predicted molar refractivity (Wildman–Crippen MR) is 91.7 cm³/mol. The van der Waals surface area contributed by atoms with Crippen LogP contribution in [0.1, 0.15) is 48.4 Å². The number of aromatic carboxylic acids is 1. The van der Waals surface area contributed by atoms with Gasteiger partial charge in [0.25, 0.3) is 0 Å². The fraction of sp³-hybridized carbons (Fsp3) is 0.588. The van der Waals surface area contributed by atoms with E-state index in [0.717, 1.165) is 36.0 Å². The molecular formula is C17H24N4O3. The number of carbonyl (C=O) groups is 1. The number of carboxylic acids is 1. The van der Waals surface area contributed by atoms with Crippen LogP contribution in [-0.2, 0) is 17.7 Å². The van der Waals surface area contributed by atoms with Gasteiger partial charge in [0, 0.05) is 25.8 Å². The van der Waals surface area contributed by atoms with Crippen molar-refractivity contribution in [2.24, 2.45) is 0 Å². The molecule has 130 valence electrons. The molecule has 1 aliphatic rings. The number of aromatic nitrogens is 3. The van der Waals surface area contributed by atoms with Gasteiger partial charge >= 0.3 is 5.97 Å². The Balaban J connectivity index is 2.22. The molecule has 0 atom stereocenters. The van der Waals surface area contributed by atoms with Crippen molar-refractivity contribution in [1.29, 1.82) is 0 Å². The lowest BCUT2D eigenvalue weighted by atomic mass is 10.0. The Morgan fingerprint density at radius 1 is 1.38 bits per heavy atom. The summed E-state index contributed by atoms with van der Waals surface area (Å²) in [6, 6.07) is 0.205. The average Bonchev–Trinajstić information content (AvgIpc) is 2.93. The quantitative estimate of drug-likeness (QED) is 0.875. The maximum atomic E-state index is 11.9. The second-order valence-electron chi connectivity index (χ2n) is 6.10. The molecule has 2 aromatic rings. The highest BCUT2D eigenvalue weighted by Gasteiger charge is 2.26. The van der Waals surface area contributed by atoms with Crippen molar-refractivity contribution in [1.82, 2.24) is 14.8 Å². The molecule has 1 saturated heterocycles. The molecule has 7 nitrogen and oxygen atoms in total. The van der Waals surface area contributed by atoms with Gasteiger partial charge in [0.1, 0.15) is 5.56 Å². The first-order valence-corrected chi connectivity index (χ1v) is 8.54. The van der Waals surface area contributed by atoms with Gasteiger partial charge in [-0.05, 0) is 33.1 Å². The molecule has 1 aliphatic heterocycles. The van der Waals surface area contributed by atoms with E-state index in [-0.39, 0.29) is 11.6 Å². The van der Waals surface area contributed by atoms with Crippen LogP contribution >= 0.6 is 0 Å². The summed E-state index contributed by atoms with van der Waals surface area (Å²) in [6.45, 7) is 7.88. The fourth-order valence-electron chi connectivity index (χ4n) is 3.31. The van der Waals surface area contributed by atoms with E-state index < -0.39 is 5.97 Å². The topological polar surface area (TPSA) is 89.3 Å². The van der Waals surface area contributed by atoms with Crippen LogP contribution in [0, 0.1) is 6.92 Å². The molecular weight excluding hydrogens is 308 g/mol. The zero-order valence-electron chi connectivity index (χ0n) is 14.4. The van der Waals surface area contributed by atoms with Crippen LogP contribution in [0.3, 0.4) is 0 Å². The molecule has 3 heterocycles. The van der Waals surface area contributed by atoms with Crippen LogP contribution in [0.2, 0.25) is 0 Å². The van der Waals surface area contributed by atoms with E-state index in [2.05, 4.69) is 15.4 Å². The molecule has 0 unspecified atom stereocenters. The normalized spacial score (nSPS) is 15.8. The maximum Gasteiger partial charge on any atom is 0.339 e. The summed E-state index contributed by atoms with van der Waals surface area (Å²) in [5.41, 5.74) is 3.07. The number of hydrogen-bond donors (Lipinski definition) is 2. The highest BCUT2D eigenvalue weighted by atomic mass is 16.5. The number of fused-ring (bicyclic) bond motifs is 1. The summed E-state index contributed by atoms with van der Waals surface area (Å²) < 4.78 is 7.26. The first-order chi connectivity index (χ1) is 11.6. The van der Waals surface area contributed by atoms with Crippen LogP contribution in [0.25, 0.3) is 11.0 Å². The lowest BCUT2D eigenvalue weighted by Crippen LogP contribution is -2.29.